The first-order valence-electron chi connectivity index (χ1n) is 8.68. The number of rotatable bonds is 4. The Morgan fingerprint density at radius 3 is 2.76 bits per heavy atom. The lowest BCUT2D eigenvalue weighted by molar-refractivity contribution is -0.158. The Morgan fingerprint density at radius 1 is 1.24 bits per heavy atom. The van der Waals surface area contributed by atoms with E-state index >= 15 is 0 Å². The summed E-state index contributed by atoms with van der Waals surface area (Å²) in [5, 5.41) is 2.89. The van der Waals surface area contributed by atoms with Crippen LogP contribution in [-0.4, -0.2) is 55.9 Å². The van der Waals surface area contributed by atoms with Crippen LogP contribution in [0, 0.1) is 0 Å². The van der Waals surface area contributed by atoms with Crippen molar-refractivity contribution in [1.29, 1.82) is 0 Å². The summed E-state index contributed by atoms with van der Waals surface area (Å²) >= 11 is 0. The number of hydrogen-bond acceptors (Lipinski definition) is 5. The summed E-state index contributed by atoms with van der Waals surface area (Å²) in [6, 6.07) is 7.15. The SMILES string of the molecule is COC(=O)[C@H]1CN(C(=O)Nc2ccccc2OC2CCCC2)CCO1. The number of morpholine rings is 1. The predicted molar refractivity (Wildman–Crippen MR) is 91.7 cm³/mol. The highest BCUT2D eigenvalue weighted by Gasteiger charge is 2.30. The van der Waals surface area contributed by atoms with Crippen LogP contribution in [0.2, 0.25) is 0 Å². The number of ether oxygens (including phenoxy) is 3. The zero-order valence-corrected chi connectivity index (χ0v) is 14.4. The Kier molecular flexibility index (Phi) is 5.75. The maximum atomic E-state index is 12.6. The van der Waals surface area contributed by atoms with Crippen LogP contribution in [-0.2, 0) is 14.3 Å². The number of nitrogens with zero attached hydrogens (tertiary/aromatic N) is 1. The molecule has 1 aromatic carbocycles. The van der Waals surface area contributed by atoms with E-state index in [2.05, 4.69) is 10.1 Å². The number of para-hydroxylation sites is 2. The lowest BCUT2D eigenvalue weighted by Gasteiger charge is -2.31. The minimum Gasteiger partial charge on any atom is -0.488 e. The van der Waals surface area contributed by atoms with Crippen molar-refractivity contribution >= 4 is 17.7 Å². The molecule has 1 aromatic rings. The second kappa shape index (κ2) is 8.20. The van der Waals surface area contributed by atoms with Crippen LogP contribution < -0.4 is 10.1 Å². The van der Waals surface area contributed by atoms with E-state index in [-0.39, 0.29) is 18.7 Å². The van der Waals surface area contributed by atoms with Gasteiger partial charge in [0.25, 0.3) is 0 Å². The number of amides is 2. The molecule has 136 valence electrons. The number of urea groups is 1. The Morgan fingerprint density at radius 2 is 2.00 bits per heavy atom. The van der Waals surface area contributed by atoms with Crippen LogP contribution in [0.1, 0.15) is 25.7 Å². The zero-order chi connectivity index (χ0) is 17.6. The monoisotopic (exact) mass is 348 g/mol. The third-order valence-electron chi connectivity index (χ3n) is 4.54. The molecule has 1 saturated carbocycles. The van der Waals surface area contributed by atoms with E-state index in [1.165, 1.54) is 20.0 Å². The maximum Gasteiger partial charge on any atom is 0.336 e. The second-order valence-electron chi connectivity index (χ2n) is 6.28. The molecule has 0 unspecified atom stereocenters. The summed E-state index contributed by atoms with van der Waals surface area (Å²) < 4.78 is 16.1. The van der Waals surface area contributed by atoms with Crippen LogP contribution in [0.5, 0.6) is 5.75 Å². The Balaban J connectivity index is 1.63. The summed E-state index contributed by atoms with van der Waals surface area (Å²) in [5.41, 5.74) is 0.639. The molecular weight excluding hydrogens is 324 g/mol. The van der Waals surface area contributed by atoms with Gasteiger partial charge in [0, 0.05) is 6.54 Å². The number of anilines is 1. The molecular formula is C18H24N2O5. The quantitative estimate of drug-likeness (QED) is 0.846. The molecule has 0 aromatic heterocycles. The number of esters is 1. The van der Waals surface area contributed by atoms with Crippen molar-refractivity contribution in [3.05, 3.63) is 24.3 Å². The molecule has 1 aliphatic heterocycles. The van der Waals surface area contributed by atoms with Gasteiger partial charge in [-0.3, -0.25) is 0 Å². The zero-order valence-electron chi connectivity index (χ0n) is 14.4. The van der Waals surface area contributed by atoms with E-state index in [1.54, 1.807) is 4.90 Å². The van der Waals surface area contributed by atoms with Crippen molar-refractivity contribution in [3.63, 3.8) is 0 Å². The van der Waals surface area contributed by atoms with Gasteiger partial charge >= 0.3 is 12.0 Å². The Labute approximate surface area is 147 Å². The van der Waals surface area contributed by atoms with Crippen LogP contribution >= 0.6 is 0 Å². The predicted octanol–water partition coefficient (Wildman–Crippen LogP) is 2.41. The minimum atomic E-state index is -0.741. The van der Waals surface area contributed by atoms with Gasteiger partial charge in [0.15, 0.2) is 6.10 Å². The van der Waals surface area contributed by atoms with E-state index < -0.39 is 12.1 Å². The molecule has 1 heterocycles. The van der Waals surface area contributed by atoms with E-state index in [9.17, 15) is 9.59 Å². The van der Waals surface area contributed by atoms with Gasteiger partial charge in [-0.25, -0.2) is 9.59 Å². The molecule has 7 nitrogen and oxygen atoms in total. The molecule has 1 N–H and O–H groups in total. The van der Waals surface area contributed by atoms with Gasteiger partial charge in [0.05, 0.1) is 32.1 Å². The van der Waals surface area contributed by atoms with Crippen LogP contribution in [0.3, 0.4) is 0 Å². The summed E-state index contributed by atoms with van der Waals surface area (Å²) in [7, 11) is 1.31. The van der Waals surface area contributed by atoms with E-state index in [4.69, 9.17) is 9.47 Å². The fourth-order valence-electron chi connectivity index (χ4n) is 3.16. The Hall–Kier alpha value is -2.28. The Bertz CT molecular complexity index is 615. The molecule has 25 heavy (non-hydrogen) atoms. The smallest absolute Gasteiger partial charge is 0.336 e. The molecule has 0 spiro atoms. The molecule has 0 bridgehead atoms. The lowest BCUT2D eigenvalue weighted by atomic mass is 10.2. The van der Waals surface area contributed by atoms with Crippen molar-refractivity contribution in [2.24, 2.45) is 0 Å². The van der Waals surface area contributed by atoms with Gasteiger partial charge in [0.2, 0.25) is 0 Å². The first-order valence-corrected chi connectivity index (χ1v) is 8.68. The number of nitrogens with one attached hydrogen (secondary N) is 1. The van der Waals surface area contributed by atoms with Gasteiger partial charge < -0.3 is 24.4 Å². The fourth-order valence-corrected chi connectivity index (χ4v) is 3.16. The normalized spacial score (nSPS) is 21.0. The standard InChI is InChI=1S/C18H24N2O5/c1-23-17(21)16-12-20(10-11-24-16)18(22)19-14-8-4-5-9-15(14)25-13-6-2-3-7-13/h4-5,8-9,13,16H,2-3,6-7,10-12H2,1H3,(H,19,22)/t16-/m1/s1. The topological polar surface area (TPSA) is 77.1 Å². The number of hydrogen-bond donors (Lipinski definition) is 1. The van der Waals surface area contributed by atoms with E-state index in [0.29, 0.717) is 24.6 Å². The summed E-state index contributed by atoms with van der Waals surface area (Å²) in [4.78, 5) is 25.7. The second-order valence-corrected chi connectivity index (χ2v) is 6.28. The van der Waals surface area contributed by atoms with Crippen LogP contribution in [0.25, 0.3) is 0 Å². The van der Waals surface area contributed by atoms with Crippen molar-refractivity contribution in [2.75, 3.05) is 32.1 Å². The van der Waals surface area contributed by atoms with Gasteiger partial charge in [0.1, 0.15) is 5.75 Å². The molecule has 2 fully saturated rings. The number of carbonyl (C=O) groups excluding carboxylic acids is 2. The number of methoxy groups -OCH3 is 1. The molecule has 7 heteroatoms. The molecule has 3 rings (SSSR count). The first kappa shape index (κ1) is 17.5. The van der Waals surface area contributed by atoms with Crippen LogP contribution in [0.15, 0.2) is 24.3 Å². The van der Waals surface area contributed by atoms with E-state index in [0.717, 1.165) is 12.8 Å². The maximum absolute atomic E-state index is 12.6. The van der Waals surface area contributed by atoms with E-state index in [1.807, 2.05) is 24.3 Å². The van der Waals surface area contributed by atoms with Gasteiger partial charge in [-0.2, -0.15) is 0 Å². The first-order chi connectivity index (χ1) is 12.2. The summed E-state index contributed by atoms with van der Waals surface area (Å²) in [6.07, 6.45) is 3.93. The molecule has 2 aliphatic rings. The summed E-state index contributed by atoms with van der Waals surface area (Å²) in [5.74, 6) is 0.211. The highest BCUT2D eigenvalue weighted by atomic mass is 16.6. The van der Waals surface area contributed by atoms with Crippen molar-refractivity contribution in [2.45, 2.75) is 37.9 Å². The molecule has 1 atom stereocenters. The fraction of sp³-hybridized carbons (Fsp3) is 0.556. The van der Waals surface area contributed by atoms with Gasteiger partial charge in [-0.1, -0.05) is 12.1 Å². The summed E-state index contributed by atoms with van der Waals surface area (Å²) in [6.45, 7) is 0.891. The third-order valence-corrected chi connectivity index (χ3v) is 4.54. The molecule has 2 amide bonds. The largest absolute Gasteiger partial charge is 0.488 e. The average molecular weight is 348 g/mol. The average Bonchev–Trinajstić information content (AvgIpc) is 3.16. The molecule has 1 aliphatic carbocycles. The van der Waals surface area contributed by atoms with Crippen molar-refractivity contribution < 1.29 is 23.8 Å². The number of benzene rings is 1. The van der Waals surface area contributed by atoms with Crippen molar-refractivity contribution in [3.8, 4) is 5.75 Å². The van der Waals surface area contributed by atoms with Gasteiger partial charge in [-0.05, 0) is 37.8 Å². The number of carbonyl (C=O) groups is 2. The van der Waals surface area contributed by atoms with Crippen molar-refractivity contribution in [1.82, 2.24) is 4.90 Å². The highest BCUT2D eigenvalue weighted by Crippen LogP contribution is 2.30. The molecule has 0 radical (unpaired) electrons. The lowest BCUT2D eigenvalue weighted by Crippen LogP contribution is -2.50. The molecule has 1 saturated heterocycles. The minimum absolute atomic E-state index is 0.171. The highest BCUT2D eigenvalue weighted by molar-refractivity contribution is 5.91. The van der Waals surface area contributed by atoms with Crippen LogP contribution in [0.4, 0.5) is 10.5 Å². The third kappa shape index (κ3) is 4.42. The van der Waals surface area contributed by atoms with Gasteiger partial charge in [-0.15, -0.1) is 0 Å².